The molecule has 0 saturated carbocycles. The Hall–Kier alpha value is -0.240. The van der Waals surface area contributed by atoms with E-state index in [1.807, 2.05) is 13.2 Å². The van der Waals surface area contributed by atoms with Gasteiger partial charge in [-0.25, -0.2) is 13.1 Å². The summed E-state index contributed by atoms with van der Waals surface area (Å²) in [6.45, 7) is 1.96. The molecule has 3 N–H and O–H groups in total. The molecule has 0 radical (unpaired) electrons. The first-order valence-corrected chi connectivity index (χ1v) is 9.14. The second kappa shape index (κ2) is 6.79. The predicted molar refractivity (Wildman–Crippen MR) is 81.3 cm³/mol. The number of halogens is 1. The van der Waals surface area contributed by atoms with E-state index in [0.717, 1.165) is 12.2 Å². The Morgan fingerprint density at radius 1 is 1.50 bits per heavy atom. The minimum Gasteiger partial charge on any atom is -0.398 e. The summed E-state index contributed by atoms with van der Waals surface area (Å²) in [4.78, 5) is 0.197. The van der Waals surface area contributed by atoms with Crippen molar-refractivity contribution in [2.24, 2.45) is 0 Å². The monoisotopic (exact) mass is 352 g/mol. The highest BCUT2D eigenvalue weighted by molar-refractivity contribution is 9.10. The highest BCUT2D eigenvalue weighted by atomic mass is 79.9. The molecule has 1 unspecified atom stereocenters. The summed E-state index contributed by atoms with van der Waals surface area (Å²) in [7, 11) is -3.50. The zero-order valence-corrected chi connectivity index (χ0v) is 13.5. The number of sulfonamides is 1. The third-order valence-electron chi connectivity index (χ3n) is 2.46. The van der Waals surface area contributed by atoms with E-state index >= 15 is 0 Å². The van der Waals surface area contributed by atoms with Crippen molar-refractivity contribution in [1.29, 1.82) is 0 Å². The van der Waals surface area contributed by atoms with E-state index in [2.05, 4.69) is 20.7 Å². The molecule has 0 saturated heterocycles. The van der Waals surface area contributed by atoms with Gasteiger partial charge < -0.3 is 5.73 Å². The van der Waals surface area contributed by atoms with Gasteiger partial charge in [-0.2, -0.15) is 11.8 Å². The molecule has 0 fully saturated rings. The predicted octanol–water partition coefficient (Wildman–Crippen LogP) is 2.45. The summed E-state index contributed by atoms with van der Waals surface area (Å²) >= 11 is 4.86. The van der Waals surface area contributed by atoms with Gasteiger partial charge in [0, 0.05) is 22.0 Å². The number of nitrogens with two attached hydrogens (primary N) is 1. The first-order chi connectivity index (χ1) is 8.40. The van der Waals surface area contributed by atoms with Gasteiger partial charge in [-0.3, -0.25) is 0 Å². The van der Waals surface area contributed by atoms with Gasteiger partial charge in [0.15, 0.2) is 0 Å². The Kier molecular flexibility index (Phi) is 5.97. The van der Waals surface area contributed by atoms with E-state index in [9.17, 15) is 8.42 Å². The highest BCUT2D eigenvalue weighted by Crippen LogP contribution is 2.23. The summed E-state index contributed by atoms with van der Waals surface area (Å²) < 4.78 is 27.7. The number of hydrogen-bond acceptors (Lipinski definition) is 4. The molecule has 1 atom stereocenters. The maximum Gasteiger partial charge on any atom is 0.240 e. The van der Waals surface area contributed by atoms with E-state index < -0.39 is 10.0 Å². The first-order valence-electron chi connectivity index (χ1n) is 5.47. The molecule has 0 amide bonds. The number of hydrogen-bond donors (Lipinski definition) is 2. The maximum absolute atomic E-state index is 12.1. The van der Waals surface area contributed by atoms with E-state index in [1.165, 1.54) is 12.1 Å². The Balaban J connectivity index is 2.95. The van der Waals surface area contributed by atoms with Crippen molar-refractivity contribution in [1.82, 2.24) is 4.72 Å². The van der Waals surface area contributed by atoms with Crippen molar-refractivity contribution in [2.45, 2.75) is 24.3 Å². The average Bonchev–Trinajstić information content (AvgIpc) is 2.31. The van der Waals surface area contributed by atoms with Gasteiger partial charge in [0.2, 0.25) is 10.0 Å². The van der Waals surface area contributed by atoms with Crippen LogP contribution in [0.1, 0.15) is 13.3 Å². The van der Waals surface area contributed by atoms with Crippen LogP contribution in [0.4, 0.5) is 5.69 Å². The van der Waals surface area contributed by atoms with Crippen LogP contribution in [0.15, 0.2) is 27.6 Å². The lowest BCUT2D eigenvalue weighted by atomic mass is 10.3. The molecule has 0 bridgehead atoms. The van der Waals surface area contributed by atoms with E-state index in [0.29, 0.717) is 10.2 Å². The number of benzene rings is 1. The zero-order valence-electron chi connectivity index (χ0n) is 10.3. The number of anilines is 1. The number of nitrogen functional groups attached to an aromatic ring is 1. The Bertz CT molecular complexity index is 506. The summed E-state index contributed by atoms with van der Waals surface area (Å²) in [5, 5.41) is 0. The summed E-state index contributed by atoms with van der Waals surface area (Å²) in [5.74, 6) is 0.752. The number of thioether (sulfide) groups is 1. The van der Waals surface area contributed by atoms with Gasteiger partial charge in [0.05, 0.1) is 4.90 Å². The van der Waals surface area contributed by atoms with Crippen LogP contribution < -0.4 is 10.5 Å². The molecule has 18 heavy (non-hydrogen) atoms. The molecular weight excluding hydrogens is 336 g/mol. The normalized spacial score (nSPS) is 13.5. The van der Waals surface area contributed by atoms with Crippen LogP contribution >= 0.6 is 27.7 Å². The van der Waals surface area contributed by atoms with Crippen LogP contribution in [0.5, 0.6) is 0 Å². The van der Waals surface area contributed by atoms with Crippen LogP contribution in [0.3, 0.4) is 0 Å². The Labute approximate surface area is 121 Å². The lowest BCUT2D eigenvalue weighted by Gasteiger charge is -2.16. The Morgan fingerprint density at radius 2 is 2.17 bits per heavy atom. The van der Waals surface area contributed by atoms with E-state index in [4.69, 9.17) is 5.73 Å². The molecular formula is C11H17BrN2O2S2. The summed E-state index contributed by atoms with van der Waals surface area (Å²) in [6.07, 6.45) is 2.71. The Morgan fingerprint density at radius 3 is 2.67 bits per heavy atom. The van der Waals surface area contributed by atoms with Gasteiger partial charge in [0.1, 0.15) is 0 Å². The second-order valence-electron chi connectivity index (χ2n) is 3.87. The van der Waals surface area contributed by atoms with Crippen LogP contribution in [0, 0.1) is 0 Å². The van der Waals surface area contributed by atoms with Crippen LogP contribution in [0.2, 0.25) is 0 Å². The van der Waals surface area contributed by atoms with Crippen LogP contribution in [-0.2, 0) is 10.0 Å². The standard InChI is InChI=1S/C11H17BrN2O2S2/c1-3-8(7-17-2)14-18(15,16)9-4-5-10(12)11(13)6-9/h4-6,8,14H,3,7,13H2,1-2H3. The fraction of sp³-hybridized carbons (Fsp3) is 0.455. The first kappa shape index (κ1) is 15.8. The smallest absolute Gasteiger partial charge is 0.240 e. The van der Waals surface area contributed by atoms with Crippen molar-refractivity contribution >= 4 is 43.4 Å². The lowest BCUT2D eigenvalue weighted by molar-refractivity contribution is 0.558. The summed E-state index contributed by atoms with van der Waals surface area (Å²) in [6, 6.07) is 4.57. The molecule has 0 heterocycles. The maximum atomic E-state index is 12.1. The molecule has 1 rings (SSSR count). The van der Waals surface area contributed by atoms with Crippen molar-refractivity contribution in [2.75, 3.05) is 17.7 Å². The van der Waals surface area contributed by atoms with Crippen molar-refractivity contribution in [3.8, 4) is 0 Å². The van der Waals surface area contributed by atoms with E-state index in [-0.39, 0.29) is 10.9 Å². The number of nitrogens with one attached hydrogen (secondary N) is 1. The van der Waals surface area contributed by atoms with Crippen molar-refractivity contribution in [3.63, 3.8) is 0 Å². The number of rotatable bonds is 6. The third kappa shape index (κ3) is 4.15. The molecule has 0 aliphatic carbocycles. The minimum absolute atomic E-state index is 0.0603. The molecule has 0 aliphatic heterocycles. The fourth-order valence-corrected chi connectivity index (χ4v) is 3.84. The van der Waals surface area contributed by atoms with Gasteiger partial charge in [0.25, 0.3) is 0 Å². The molecule has 102 valence electrons. The fourth-order valence-electron chi connectivity index (χ4n) is 1.41. The topological polar surface area (TPSA) is 72.2 Å². The quantitative estimate of drug-likeness (QED) is 0.771. The van der Waals surface area contributed by atoms with E-state index in [1.54, 1.807) is 17.8 Å². The summed E-state index contributed by atoms with van der Waals surface area (Å²) in [5.41, 5.74) is 6.11. The molecule has 4 nitrogen and oxygen atoms in total. The van der Waals surface area contributed by atoms with Crippen LogP contribution in [0.25, 0.3) is 0 Å². The highest BCUT2D eigenvalue weighted by Gasteiger charge is 2.19. The van der Waals surface area contributed by atoms with Crippen molar-refractivity contribution < 1.29 is 8.42 Å². The van der Waals surface area contributed by atoms with Crippen LogP contribution in [-0.4, -0.2) is 26.5 Å². The largest absolute Gasteiger partial charge is 0.398 e. The second-order valence-corrected chi connectivity index (χ2v) is 7.34. The van der Waals surface area contributed by atoms with Gasteiger partial charge >= 0.3 is 0 Å². The average molecular weight is 353 g/mol. The molecule has 0 aliphatic rings. The van der Waals surface area contributed by atoms with Gasteiger partial charge in [-0.15, -0.1) is 0 Å². The minimum atomic E-state index is -3.50. The molecule has 1 aromatic rings. The molecule has 0 spiro atoms. The molecule has 1 aromatic carbocycles. The third-order valence-corrected chi connectivity index (χ3v) is 5.44. The van der Waals surface area contributed by atoms with Crippen molar-refractivity contribution in [3.05, 3.63) is 22.7 Å². The SMILES string of the molecule is CCC(CSC)NS(=O)(=O)c1ccc(Br)c(N)c1. The lowest BCUT2D eigenvalue weighted by Crippen LogP contribution is -2.36. The molecule has 0 aromatic heterocycles. The van der Waals surface area contributed by atoms with Gasteiger partial charge in [-0.1, -0.05) is 6.92 Å². The van der Waals surface area contributed by atoms with Gasteiger partial charge in [-0.05, 0) is 46.8 Å². The zero-order chi connectivity index (χ0) is 13.8. The molecule has 7 heteroatoms.